The van der Waals surface area contributed by atoms with Gasteiger partial charge in [0.05, 0.1) is 0 Å². The van der Waals surface area contributed by atoms with Gasteiger partial charge in [-0.1, -0.05) is 20.8 Å². The molecule has 1 aromatic heterocycles. The normalized spacial score (nSPS) is 21.0. The molecular weight excluding hydrogens is 326 g/mol. The molecule has 2 N–H and O–H groups in total. The highest BCUT2D eigenvalue weighted by Gasteiger charge is 2.22. The Morgan fingerprint density at radius 2 is 1.85 bits per heavy atom. The summed E-state index contributed by atoms with van der Waals surface area (Å²) in [5.74, 6) is 1.49. The zero-order valence-electron chi connectivity index (χ0n) is 17.1. The summed E-state index contributed by atoms with van der Waals surface area (Å²) in [5.41, 5.74) is 2.84. The number of hydrogen-bond acceptors (Lipinski definition) is 3. The predicted octanol–water partition coefficient (Wildman–Crippen LogP) is 3.58. The fraction of sp³-hybridized carbons (Fsp3) is 0.714. The summed E-state index contributed by atoms with van der Waals surface area (Å²) in [6.07, 6.45) is 4.09. The van der Waals surface area contributed by atoms with Crippen LogP contribution in [0.2, 0.25) is 0 Å². The van der Waals surface area contributed by atoms with Gasteiger partial charge in [-0.25, -0.2) is 0 Å². The molecule has 2 heterocycles. The molecule has 5 nitrogen and oxygen atoms in total. The molecule has 2 atom stereocenters. The van der Waals surface area contributed by atoms with E-state index >= 15 is 0 Å². The van der Waals surface area contributed by atoms with Gasteiger partial charge in [0.15, 0.2) is 5.78 Å². The molecule has 2 unspecified atom stereocenters. The van der Waals surface area contributed by atoms with Gasteiger partial charge in [0.25, 0.3) is 5.91 Å². The summed E-state index contributed by atoms with van der Waals surface area (Å²) < 4.78 is 0. The number of rotatable bonds is 8. The van der Waals surface area contributed by atoms with Crippen LogP contribution in [0, 0.1) is 18.8 Å². The van der Waals surface area contributed by atoms with E-state index in [0.717, 1.165) is 42.5 Å². The topological polar surface area (TPSA) is 65.2 Å². The van der Waals surface area contributed by atoms with E-state index in [0.29, 0.717) is 24.2 Å². The van der Waals surface area contributed by atoms with Gasteiger partial charge in [-0.15, -0.1) is 0 Å². The number of unbranched alkanes of at least 4 members (excludes halogenated alkanes) is 1. The monoisotopic (exact) mass is 361 g/mol. The number of aromatic nitrogens is 1. The highest BCUT2D eigenvalue weighted by molar-refractivity contribution is 6.02. The Bertz CT molecular complexity index is 625. The van der Waals surface area contributed by atoms with Crippen LogP contribution >= 0.6 is 0 Å². The third-order valence-corrected chi connectivity index (χ3v) is 5.35. The van der Waals surface area contributed by atoms with Crippen molar-refractivity contribution >= 4 is 11.7 Å². The SMILES string of the molecule is CCc1c(C(=O)NCCCCN2CC(C)CC(C)C2)[nH]c(C)c1C(C)=O. The number of ketones is 1. The molecule has 0 saturated carbocycles. The van der Waals surface area contributed by atoms with Gasteiger partial charge in [0, 0.05) is 30.9 Å². The molecule has 0 radical (unpaired) electrons. The van der Waals surface area contributed by atoms with Crippen LogP contribution < -0.4 is 5.32 Å². The zero-order chi connectivity index (χ0) is 19.3. The first-order valence-electron chi connectivity index (χ1n) is 10.1. The van der Waals surface area contributed by atoms with Crippen molar-refractivity contribution in [1.82, 2.24) is 15.2 Å². The number of amides is 1. The number of carbonyl (C=O) groups is 2. The Labute approximate surface area is 157 Å². The Kier molecular flexibility index (Phi) is 7.44. The van der Waals surface area contributed by atoms with E-state index in [9.17, 15) is 9.59 Å². The number of nitrogens with zero attached hydrogens (tertiary/aromatic N) is 1. The number of Topliss-reactive ketones (excluding diaryl/α,β-unsaturated/α-hetero) is 1. The van der Waals surface area contributed by atoms with E-state index in [1.165, 1.54) is 19.5 Å². The first kappa shape index (κ1) is 20.7. The summed E-state index contributed by atoms with van der Waals surface area (Å²) in [7, 11) is 0. The van der Waals surface area contributed by atoms with E-state index < -0.39 is 0 Å². The highest BCUT2D eigenvalue weighted by atomic mass is 16.2. The van der Waals surface area contributed by atoms with Crippen molar-refractivity contribution in [3.63, 3.8) is 0 Å². The maximum absolute atomic E-state index is 12.5. The lowest BCUT2D eigenvalue weighted by Gasteiger charge is -2.34. The lowest BCUT2D eigenvalue weighted by molar-refractivity contribution is 0.0946. The molecule has 26 heavy (non-hydrogen) atoms. The van der Waals surface area contributed by atoms with E-state index in [4.69, 9.17) is 0 Å². The second-order valence-electron chi connectivity index (χ2n) is 8.06. The Hall–Kier alpha value is -1.62. The Morgan fingerprint density at radius 3 is 2.42 bits per heavy atom. The number of H-pyrrole nitrogens is 1. The summed E-state index contributed by atoms with van der Waals surface area (Å²) in [5, 5.41) is 3.01. The smallest absolute Gasteiger partial charge is 0.268 e. The second-order valence-corrected chi connectivity index (χ2v) is 8.06. The molecule has 0 spiro atoms. The number of aryl methyl sites for hydroxylation is 1. The van der Waals surface area contributed by atoms with Crippen LogP contribution in [0.1, 0.15) is 79.1 Å². The molecule has 1 aromatic rings. The average Bonchev–Trinajstić information content (AvgIpc) is 2.90. The van der Waals surface area contributed by atoms with Gasteiger partial charge in [-0.2, -0.15) is 0 Å². The van der Waals surface area contributed by atoms with Crippen molar-refractivity contribution in [3.05, 3.63) is 22.5 Å². The van der Waals surface area contributed by atoms with Gasteiger partial charge in [0.1, 0.15) is 5.69 Å². The minimum atomic E-state index is -0.0994. The van der Waals surface area contributed by atoms with Gasteiger partial charge < -0.3 is 15.2 Å². The molecule has 5 heteroatoms. The highest BCUT2D eigenvalue weighted by Crippen LogP contribution is 2.21. The van der Waals surface area contributed by atoms with Crippen LogP contribution in [-0.4, -0.2) is 47.8 Å². The number of nitrogens with one attached hydrogen (secondary N) is 2. The number of hydrogen-bond donors (Lipinski definition) is 2. The van der Waals surface area contributed by atoms with Crippen molar-refractivity contribution in [2.75, 3.05) is 26.2 Å². The average molecular weight is 362 g/mol. The summed E-state index contributed by atoms with van der Waals surface area (Å²) in [6, 6.07) is 0. The first-order chi connectivity index (χ1) is 12.3. The van der Waals surface area contributed by atoms with E-state index in [1.54, 1.807) is 6.92 Å². The first-order valence-corrected chi connectivity index (χ1v) is 10.1. The van der Waals surface area contributed by atoms with Gasteiger partial charge >= 0.3 is 0 Å². The molecular formula is C21H35N3O2. The maximum Gasteiger partial charge on any atom is 0.268 e. The quantitative estimate of drug-likeness (QED) is 0.549. The maximum atomic E-state index is 12.5. The summed E-state index contributed by atoms with van der Waals surface area (Å²) in [4.78, 5) is 30.0. The van der Waals surface area contributed by atoms with Gasteiger partial charge in [-0.05, 0) is 63.5 Å². The molecule has 0 aliphatic carbocycles. The van der Waals surface area contributed by atoms with Crippen LogP contribution in [0.25, 0.3) is 0 Å². The minimum absolute atomic E-state index is 0.0136. The molecule has 1 amide bonds. The van der Waals surface area contributed by atoms with Gasteiger partial charge in [-0.3, -0.25) is 9.59 Å². The van der Waals surface area contributed by atoms with Crippen LogP contribution in [0.4, 0.5) is 0 Å². The lowest BCUT2D eigenvalue weighted by Crippen LogP contribution is -2.39. The number of aromatic amines is 1. The molecule has 1 fully saturated rings. The fourth-order valence-corrected chi connectivity index (χ4v) is 4.43. The number of piperidine rings is 1. The Morgan fingerprint density at radius 1 is 1.19 bits per heavy atom. The van der Waals surface area contributed by atoms with Crippen molar-refractivity contribution in [2.45, 2.75) is 60.3 Å². The molecule has 1 aliphatic rings. The van der Waals surface area contributed by atoms with Crippen molar-refractivity contribution < 1.29 is 9.59 Å². The van der Waals surface area contributed by atoms with E-state index in [1.807, 2.05) is 13.8 Å². The molecule has 1 aliphatic heterocycles. The summed E-state index contributed by atoms with van der Waals surface area (Å²) >= 11 is 0. The van der Waals surface area contributed by atoms with Crippen molar-refractivity contribution in [3.8, 4) is 0 Å². The Balaban J connectivity index is 1.79. The number of carbonyl (C=O) groups excluding carboxylic acids is 2. The molecule has 1 saturated heterocycles. The van der Waals surface area contributed by atoms with Crippen LogP contribution in [0.5, 0.6) is 0 Å². The molecule has 0 aromatic carbocycles. The zero-order valence-corrected chi connectivity index (χ0v) is 17.1. The van der Waals surface area contributed by atoms with Crippen LogP contribution in [-0.2, 0) is 6.42 Å². The third-order valence-electron chi connectivity index (χ3n) is 5.35. The second kappa shape index (κ2) is 9.36. The standard InChI is InChI=1S/C21H35N3O2/c1-6-18-19(17(5)25)16(4)23-20(18)21(26)22-9-7-8-10-24-12-14(2)11-15(3)13-24/h14-15,23H,6-13H2,1-5H3,(H,22,26). The van der Waals surface area contributed by atoms with Crippen LogP contribution in [0.15, 0.2) is 0 Å². The largest absolute Gasteiger partial charge is 0.354 e. The van der Waals surface area contributed by atoms with Gasteiger partial charge in [0.2, 0.25) is 0 Å². The van der Waals surface area contributed by atoms with Crippen molar-refractivity contribution in [2.24, 2.45) is 11.8 Å². The molecule has 146 valence electrons. The molecule has 2 rings (SSSR count). The molecule has 0 bridgehead atoms. The fourth-order valence-electron chi connectivity index (χ4n) is 4.43. The third kappa shape index (κ3) is 5.19. The summed E-state index contributed by atoms with van der Waals surface area (Å²) in [6.45, 7) is 14.2. The van der Waals surface area contributed by atoms with E-state index in [2.05, 4.69) is 29.0 Å². The minimum Gasteiger partial charge on any atom is -0.354 e. The number of likely N-dealkylation sites (tertiary alicyclic amines) is 1. The predicted molar refractivity (Wildman–Crippen MR) is 106 cm³/mol. The lowest BCUT2D eigenvalue weighted by atomic mass is 9.92. The van der Waals surface area contributed by atoms with Crippen LogP contribution in [0.3, 0.4) is 0 Å². The van der Waals surface area contributed by atoms with E-state index in [-0.39, 0.29) is 11.7 Å². The van der Waals surface area contributed by atoms with Crippen molar-refractivity contribution in [1.29, 1.82) is 0 Å².